The van der Waals surface area contributed by atoms with E-state index in [0.29, 0.717) is 21.3 Å². The Hall–Kier alpha value is -5.16. The summed E-state index contributed by atoms with van der Waals surface area (Å²) in [5.41, 5.74) is 4.99. The van der Waals surface area contributed by atoms with Crippen LogP contribution in [0, 0.1) is 17.0 Å². The number of carbonyl (C=O) groups is 3. The molecule has 2 N–H and O–H groups in total. The highest BCUT2D eigenvalue weighted by Gasteiger charge is 2.14. The lowest BCUT2D eigenvalue weighted by molar-refractivity contribution is -0.384. The smallest absolute Gasteiger partial charge is 0.343 e. The number of nitro benzene ring substituents is 1. The molecule has 200 valence electrons. The summed E-state index contributed by atoms with van der Waals surface area (Å²) >= 11 is 3.35. The molecule has 0 saturated carbocycles. The minimum atomic E-state index is -0.722. The van der Waals surface area contributed by atoms with Gasteiger partial charge in [-0.25, -0.2) is 10.2 Å². The Balaban J connectivity index is 1.42. The summed E-state index contributed by atoms with van der Waals surface area (Å²) in [6.07, 6.45) is 1.31. The van der Waals surface area contributed by atoms with Crippen molar-refractivity contribution in [2.75, 3.05) is 5.32 Å². The number of anilines is 1. The van der Waals surface area contributed by atoms with E-state index in [2.05, 4.69) is 31.8 Å². The van der Waals surface area contributed by atoms with Crippen LogP contribution in [0.25, 0.3) is 0 Å². The van der Waals surface area contributed by atoms with Gasteiger partial charge in [-0.3, -0.25) is 19.7 Å². The van der Waals surface area contributed by atoms with E-state index in [9.17, 15) is 24.5 Å². The lowest BCUT2D eigenvalue weighted by atomic mass is 10.1. The minimum Gasteiger partial charge on any atom is -0.422 e. The van der Waals surface area contributed by atoms with Crippen molar-refractivity contribution in [3.8, 4) is 5.75 Å². The lowest BCUT2D eigenvalue weighted by Crippen LogP contribution is -2.18. The number of nitrogens with one attached hydrogen (secondary N) is 2. The van der Waals surface area contributed by atoms with Crippen LogP contribution < -0.4 is 15.5 Å². The molecule has 2 amide bonds. The number of hydrogen-bond acceptors (Lipinski definition) is 7. The van der Waals surface area contributed by atoms with E-state index in [1.54, 1.807) is 42.5 Å². The Morgan fingerprint density at radius 1 is 0.875 bits per heavy atom. The van der Waals surface area contributed by atoms with Crippen LogP contribution in [0.1, 0.15) is 42.2 Å². The van der Waals surface area contributed by atoms with Crippen molar-refractivity contribution in [3.63, 3.8) is 0 Å². The van der Waals surface area contributed by atoms with E-state index in [1.807, 2.05) is 19.1 Å². The quantitative estimate of drug-likeness (QED) is 0.0848. The second-order valence-corrected chi connectivity index (χ2v) is 9.39. The van der Waals surface area contributed by atoms with E-state index in [4.69, 9.17) is 4.74 Å². The van der Waals surface area contributed by atoms with Crippen molar-refractivity contribution in [2.45, 2.75) is 6.92 Å². The molecule has 0 atom stereocenters. The Labute approximate surface area is 237 Å². The number of nitrogens with zero attached hydrogens (tertiary/aromatic N) is 2. The first-order chi connectivity index (χ1) is 19.2. The maximum absolute atomic E-state index is 12.7. The number of nitro groups is 1. The normalized spacial score (nSPS) is 10.7. The fourth-order valence-electron chi connectivity index (χ4n) is 3.46. The highest BCUT2D eigenvalue weighted by Crippen LogP contribution is 2.23. The summed E-state index contributed by atoms with van der Waals surface area (Å²) in [7, 11) is 0. The van der Waals surface area contributed by atoms with Gasteiger partial charge >= 0.3 is 5.97 Å². The first-order valence-corrected chi connectivity index (χ1v) is 12.6. The number of hydrogen-bond donors (Lipinski definition) is 2. The molecule has 4 rings (SSSR count). The third kappa shape index (κ3) is 7.23. The monoisotopic (exact) mass is 600 g/mol. The molecule has 11 heteroatoms. The van der Waals surface area contributed by atoms with Crippen LogP contribution in [-0.4, -0.2) is 28.9 Å². The molecule has 10 nitrogen and oxygen atoms in total. The van der Waals surface area contributed by atoms with Gasteiger partial charge in [0.05, 0.1) is 16.7 Å². The predicted octanol–water partition coefficient (Wildman–Crippen LogP) is 5.90. The maximum Gasteiger partial charge on any atom is 0.343 e. The number of hydrazone groups is 1. The molecule has 0 unspecified atom stereocenters. The van der Waals surface area contributed by atoms with Gasteiger partial charge in [-0.2, -0.15) is 5.10 Å². The second kappa shape index (κ2) is 12.6. The zero-order valence-electron chi connectivity index (χ0n) is 21.0. The van der Waals surface area contributed by atoms with Gasteiger partial charge < -0.3 is 10.1 Å². The third-order valence-corrected chi connectivity index (χ3v) is 6.05. The summed E-state index contributed by atoms with van der Waals surface area (Å²) in [6, 6.07) is 23.3. The summed E-state index contributed by atoms with van der Waals surface area (Å²) in [6.45, 7) is 1.93. The number of halogens is 1. The first-order valence-electron chi connectivity index (χ1n) is 11.8. The van der Waals surface area contributed by atoms with Crippen LogP contribution in [0.5, 0.6) is 5.75 Å². The van der Waals surface area contributed by atoms with Gasteiger partial charge in [0.1, 0.15) is 5.75 Å². The molecule has 0 bridgehead atoms. The van der Waals surface area contributed by atoms with E-state index in [1.165, 1.54) is 42.6 Å². The highest BCUT2D eigenvalue weighted by molar-refractivity contribution is 9.10. The number of carbonyl (C=O) groups excluding carboxylic acids is 3. The van der Waals surface area contributed by atoms with Crippen LogP contribution in [0.4, 0.5) is 11.4 Å². The van der Waals surface area contributed by atoms with Gasteiger partial charge in [0.15, 0.2) is 0 Å². The molecule has 0 aliphatic heterocycles. The van der Waals surface area contributed by atoms with Crippen LogP contribution in [-0.2, 0) is 0 Å². The molecule has 0 aromatic heterocycles. The predicted molar refractivity (Wildman–Crippen MR) is 153 cm³/mol. The Morgan fingerprint density at radius 3 is 2.27 bits per heavy atom. The largest absolute Gasteiger partial charge is 0.422 e. The summed E-state index contributed by atoms with van der Waals surface area (Å²) in [4.78, 5) is 48.0. The topological polar surface area (TPSA) is 140 Å². The van der Waals surface area contributed by atoms with Crippen molar-refractivity contribution in [2.24, 2.45) is 5.10 Å². The van der Waals surface area contributed by atoms with Crippen molar-refractivity contribution in [3.05, 3.63) is 133 Å². The summed E-state index contributed by atoms with van der Waals surface area (Å²) in [5.74, 6) is -1.39. The van der Waals surface area contributed by atoms with E-state index in [-0.39, 0.29) is 28.5 Å². The molecule has 40 heavy (non-hydrogen) atoms. The number of amides is 2. The fourth-order valence-corrected chi connectivity index (χ4v) is 3.84. The third-order valence-electron chi connectivity index (χ3n) is 5.55. The SMILES string of the molecule is Cc1ccc(C(=O)Nc2cccc(C(=O)NN=Cc3cc(Br)ccc3OC(=O)c3ccc([N+](=O)[O-])cc3)c2)cc1. The standard InChI is InChI=1S/C29H21BrN4O6/c1-18-5-7-19(8-6-18)27(35)32-24-4-2-3-21(16-24)28(36)33-31-17-22-15-23(30)11-14-26(22)40-29(37)20-9-12-25(13-10-20)34(38)39/h2-17H,1H3,(H,32,35)(H,33,36). The average Bonchev–Trinajstić information content (AvgIpc) is 2.94. The first kappa shape index (κ1) is 27.9. The molecular formula is C29H21BrN4O6. The zero-order valence-corrected chi connectivity index (χ0v) is 22.5. The molecular weight excluding hydrogens is 580 g/mol. The summed E-state index contributed by atoms with van der Waals surface area (Å²) in [5, 5.41) is 17.6. The molecule has 0 fully saturated rings. The number of benzene rings is 4. The van der Waals surface area contributed by atoms with Crippen molar-refractivity contribution < 1.29 is 24.0 Å². The van der Waals surface area contributed by atoms with Crippen LogP contribution in [0.2, 0.25) is 0 Å². The van der Waals surface area contributed by atoms with Gasteiger partial charge in [0.2, 0.25) is 0 Å². The fraction of sp³-hybridized carbons (Fsp3) is 0.0345. The van der Waals surface area contributed by atoms with Gasteiger partial charge in [-0.05, 0) is 67.6 Å². The van der Waals surface area contributed by atoms with Crippen molar-refractivity contribution >= 4 is 51.3 Å². The van der Waals surface area contributed by atoms with E-state index in [0.717, 1.165) is 5.56 Å². The Morgan fingerprint density at radius 2 is 1.57 bits per heavy atom. The summed E-state index contributed by atoms with van der Waals surface area (Å²) < 4.78 is 6.12. The number of non-ortho nitro benzene ring substituents is 1. The van der Waals surface area contributed by atoms with Gasteiger partial charge in [-0.1, -0.05) is 39.7 Å². The number of aryl methyl sites for hydroxylation is 1. The Bertz CT molecular complexity index is 1620. The number of esters is 1. The molecule has 4 aromatic rings. The van der Waals surface area contributed by atoms with Crippen molar-refractivity contribution in [1.29, 1.82) is 0 Å². The van der Waals surface area contributed by atoms with Gasteiger partial charge in [0, 0.05) is 39.0 Å². The minimum absolute atomic E-state index is 0.124. The second-order valence-electron chi connectivity index (χ2n) is 8.48. The zero-order chi connectivity index (χ0) is 28.6. The van der Waals surface area contributed by atoms with E-state index >= 15 is 0 Å². The maximum atomic E-state index is 12.7. The molecule has 0 heterocycles. The molecule has 0 radical (unpaired) electrons. The molecule has 0 aliphatic carbocycles. The highest BCUT2D eigenvalue weighted by atomic mass is 79.9. The van der Waals surface area contributed by atoms with Crippen LogP contribution in [0.15, 0.2) is 101 Å². The van der Waals surface area contributed by atoms with Gasteiger partial charge in [-0.15, -0.1) is 0 Å². The number of ether oxygens (including phenoxy) is 1. The molecule has 0 saturated heterocycles. The van der Waals surface area contributed by atoms with Gasteiger partial charge in [0.25, 0.3) is 17.5 Å². The lowest BCUT2D eigenvalue weighted by Gasteiger charge is -2.09. The van der Waals surface area contributed by atoms with E-state index < -0.39 is 16.8 Å². The molecule has 0 spiro atoms. The van der Waals surface area contributed by atoms with Crippen LogP contribution >= 0.6 is 15.9 Å². The number of rotatable bonds is 8. The molecule has 4 aromatic carbocycles. The molecule has 0 aliphatic rings. The Kier molecular flexibility index (Phi) is 8.77. The van der Waals surface area contributed by atoms with Crippen molar-refractivity contribution in [1.82, 2.24) is 5.43 Å². The van der Waals surface area contributed by atoms with Crippen LogP contribution in [0.3, 0.4) is 0 Å². The average molecular weight is 601 g/mol.